The molecule has 3 N–H and O–H groups in total. The number of carbonyl (C=O) groups excluding carboxylic acids is 1. The highest BCUT2D eigenvalue weighted by Crippen LogP contribution is 2.40. The first-order valence-corrected chi connectivity index (χ1v) is 15.8. The molecule has 228 valence electrons. The van der Waals surface area contributed by atoms with Crippen LogP contribution in [0.15, 0.2) is 108 Å². The minimum absolute atomic E-state index is 0.00250. The van der Waals surface area contributed by atoms with Crippen LogP contribution in [0.4, 0.5) is 0 Å². The van der Waals surface area contributed by atoms with Crippen LogP contribution in [0.25, 0.3) is 11.1 Å². The Kier molecular flexibility index (Phi) is 11.2. The first-order chi connectivity index (χ1) is 21.5. The topological polar surface area (TPSA) is 105 Å². The molecule has 1 aliphatic heterocycles. The minimum Gasteiger partial charge on any atom is -0.481 e. The van der Waals surface area contributed by atoms with Crippen LogP contribution in [-0.2, 0) is 32.2 Å². The fourth-order valence-electron chi connectivity index (χ4n) is 5.19. The van der Waals surface area contributed by atoms with Crippen LogP contribution in [0.3, 0.4) is 0 Å². The van der Waals surface area contributed by atoms with Crippen molar-refractivity contribution in [1.82, 2.24) is 5.32 Å². The Balaban J connectivity index is 1.29. The molecule has 0 spiro atoms. The van der Waals surface area contributed by atoms with E-state index >= 15 is 0 Å². The van der Waals surface area contributed by atoms with E-state index in [1.54, 1.807) is 11.8 Å². The number of carboxylic acids is 1. The van der Waals surface area contributed by atoms with Gasteiger partial charge in [0.25, 0.3) is 0 Å². The van der Waals surface area contributed by atoms with E-state index in [-0.39, 0.29) is 37.6 Å². The summed E-state index contributed by atoms with van der Waals surface area (Å²) >= 11 is 1.77. The number of thioether (sulfide) groups is 1. The van der Waals surface area contributed by atoms with Crippen molar-refractivity contribution in [3.63, 3.8) is 0 Å². The third-order valence-electron chi connectivity index (χ3n) is 7.58. The van der Waals surface area contributed by atoms with E-state index < -0.39 is 12.3 Å². The number of hydrogen-bond donors (Lipinski definition) is 3. The Morgan fingerprint density at radius 3 is 2.25 bits per heavy atom. The molecule has 5 rings (SSSR count). The molecule has 4 aromatic rings. The molecule has 1 amide bonds. The van der Waals surface area contributed by atoms with Gasteiger partial charge in [0.1, 0.15) is 0 Å². The number of benzene rings is 4. The smallest absolute Gasteiger partial charge is 0.303 e. The largest absolute Gasteiger partial charge is 0.481 e. The van der Waals surface area contributed by atoms with Crippen molar-refractivity contribution in [1.29, 1.82) is 0 Å². The number of aliphatic hydroxyl groups is 1. The summed E-state index contributed by atoms with van der Waals surface area (Å²) in [6.45, 7) is 0.360. The number of aliphatic hydroxyl groups excluding tert-OH is 1. The van der Waals surface area contributed by atoms with Crippen molar-refractivity contribution in [2.24, 2.45) is 0 Å². The number of ether oxygens (including phenoxy) is 2. The van der Waals surface area contributed by atoms with Crippen molar-refractivity contribution in [2.75, 3.05) is 5.75 Å². The maximum Gasteiger partial charge on any atom is 0.303 e. The molecule has 0 bridgehead atoms. The molecule has 1 aliphatic rings. The molecule has 1 fully saturated rings. The number of rotatable bonds is 13. The normalized spacial score (nSPS) is 18.1. The maximum absolute atomic E-state index is 12.2. The highest BCUT2D eigenvalue weighted by molar-refractivity contribution is 7.99. The summed E-state index contributed by atoms with van der Waals surface area (Å²) in [4.78, 5) is 24.2. The molecule has 0 radical (unpaired) electrons. The van der Waals surface area contributed by atoms with Gasteiger partial charge in [-0.1, -0.05) is 91.0 Å². The molecule has 4 aromatic carbocycles. The fourth-order valence-corrected chi connectivity index (χ4v) is 6.13. The predicted octanol–water partition coefficient (Wildman–Crippen LogP) is 7.05. The Hall–Kier alpha value is -3.95. The average molecular weight is 612 g/mol. The molecule has 1 heterocycles. The van der Waals surface area contributed by atoms with Crippen molar-refractivity contribution < 1.29 is 29.3 Å². The number of hydrogen-bond acceptors (Lipinski definition) is 6. The lowest BCUT2D eigenvalue weighted by Crippen LogP contribution is -2.31. The second-order valence-corrected chi connectivity index (χ2v) is 11.9. The van der Waals surface area contributed by atoms with E-state index in [0.717, 1.165) is 45.6 Å². The van der Waals surface area contributed by atoms with Gasteiger partial charge in [-0.2, -0.15) is 0 Å². The van der Waals surface area contributed by atoms with E-state index in [1.165, 1.54) is 4.90 Å². The van der Waals surface area contributed by atoms with Gasteiger partial charge in [0.15, 0.2) is 6.29 Å². The third kappa shape index (κ3) is 8.80. The summed E-state index contributed by atoms with van der Waals surface area (Å²) in [6, 6.07) is 34.3. The number of amides is 1. The van der Waals surface area contributed by atoms with Gasteiger partial charge in [0.2, 0.25) is 5.91 Å². The number of nitrogens with one attached hydrogen (secondary N) is 1. The van der Waals surface area contributed by atoms with Gasteiger partial charge < -0.3 is 25.0 Å². The van der Waals surface area contributed by atoms with Crippen LogP contribution in [-0.4, -0.2) is 33.9 Å². The second-order valence-electron chi connectivity index (χ2n) is 10.8. The van der Waals surface area contributed by atoms with E-state index in [9.17, 15) is 14.7 Å². The molecule has 3 unspecified atom stereocenters. The number of carbonyl (C=O) groups is 2. The van der Waals surface area contributed by atoms with E-state index in [0.29, 0.717) is 13.0 Å². The van der Waals surface area contributed by atoms with Gasteiger partial charge in [-0.05, 0) is 46.4 Å². The van der Waals surface area contributed by atoms with Crippen molar-refractivity contribution >= 4 is 23.6 Å². The molecule has 0 saturated carbocycles. The van der Waals surface area contributed by atoms with Crippen LogP contribution in [0, 0.1) is 0 Å². The van der Waals surface area contributed by atoms with E-state index in [2.05, 4.69) is 17.4 Å². The van der Waals surface area contributed by atoms with Gasteiger partial charge >= 0.3 is 5.97 Å². The SMILES string of the molecule is O=C(O)CCCC(=O)NCc1ccccc1-c1ccc(C2OC(CSc3ccccc3)CC(c3ccc(CO)cc3)O2)cc1. The Labute approximate surface area is 262 Å². The monoisotopic (exact) mass is 611 g/mol. The highest BCUT2D eigenvalue weighted by atomic mass is 32.2. The summed E-state index contributed by atoms with van der Waals surface area (Å²) < 4.78 is 13.0. The zero-order chi connectivity index (χ0) is 30.7. The Morgan fingerprint density at radius 1 is 0.818 bits per heavy atom. The Morgan fingerprint density at radius 2 is 1.52 bits per heavy atom. The molecule has 44 heavy (non-hydrogen) atoms. The van der Waals surface area contributed by atoms with Crippen LogP contribution >= 0.6 is 11.8 Å². The highest BCUT2D eigenvalue weighted by Gasteiger charge is 2.32. The zero-order valence-corrected chi connectivity index (χ0v) is 25.2. The van der Waals surface area contributed by atoms with E-state index in [1.807, 2.05) is 91.0 Å². The maximum atomic E-state index is 12.2. The van der Waals surface area contributed by atoms with Gasteiger partial charge in [-0.3, -0.25) is 9.59 Å². The summed E-state index contributed by atoms with van der Waals surface area (Å²) in [5.74, 6) is -0.268. The lowest BCUT2D eigenvalue weighted by atomic mass is 9.97. The number of carboxylic acid groups (broad SMARTS) is 1. The summed E-state index contributed by atoms with van der Waals surface area (Å²) in [5, 5.41) is 21.2. The zero-order valence-electron chi connectivity index (χ0n) is 24.4. The Bertz CT molecular complexity index is 1510. The van der Waals surface area contributed by atoms with Crippen LogP contribution in [0.2, 0.25) is 0 Å². The van der Waals surface area contributed by atoms with Crippen molar-refractivity contribution in [3.05, 3.63) is 125 Å². The second kappa shape index (κ2) is 15.7. The summed E-state index contributed by atoms with van der Waals surface area (Å²) in [7, 11) is 0. The van der Waals surface area contributed by atoms with Gasteiger partial charge in [-0.25, -0.2) is 0 Å². The van der Waals surface area contributed by atoms with Crippen LogP contribution in [0.1, 0.15) is 60.3 Å². The fraction of sp³-hybridized carbons (Fsp3) is 0.278. The molecular weight excluding hydrogens is 574 g/mol. The van der Waals surface area contributed by atoms with Crippen LogP contribution in [0.5, 0.6) is 0 Å². The van der Waals surface area contributed by atoms with Crippen molar-refractivity contribution in [3.8, 4) is 11.1 Å². The third-order valence-corrected chi connectivity index (χ3v) is 8.72. The van der Waals surface area contributed by atoms with Gasteiger partial charge in [-0.15, -0.1) is 11.8 Å². The predicted molar refractivity (Wildman–Crippen MR) is 171 cm³/mol. The molecule has 7 nitrogen and oxygen atoms in total. The molecule has 3 atom stereocenters. The van der Waals surface area contributed by atoms with Gasteiger partial charge in [0.05, 0.1) is 18.8 Å². The summed E-state index contributed by atoms with van der Waals surface area (Å²) in [5.41, 5.74) is 5.83. The number of aliphatic carboxylic acids is 1. The average Bonchev–Trinajstić information content (AvgIpc) is 3.07. The lowest BCUT2D eigenvalue weighted by Gasteiger charge is -2.36. The minimum atomic E-state index is -0.899. The van der Waals surface area contributed by atoms with Crippen LogP contribution < -0.4 is 5.32 Å². The summed E-state index contributed by atoms with van der Waals surface area (Å²) in [6.07, 6.45) is 0.486. The molecule has 1 saturated heterocycles. The quantitative estimate of drug-likeness (QED) is 0.139. The van der Waals surface area contributed by atoms with Crippen molar-refractivity contribution in [2.45, 2.75) is 62.2 Å². The first kappa shape index (κ1) is 31.5. The van der Waals surface area contributed by atoms with Gasteiger partial charge in [0, 0.05) is 42.0 Å². The molecule has 0 aromatic heterocycles. The first-order valence-electron chi connectivity index (χ1n) is 14.8. The van der Waals surface area contributed by atoms with E-state index in [4.69, 9.17) is 14.6 Å². The molecular formula is C36H37NO6S. The standard InChI is InChI=1S/C36H37NO6S/c38-23-25-13-15-27(16-14-25)33-21-30(24-44-31-8-2-1-3-9-31)42-36(43-33)28-19-17-26(18-20-28)32-10-5-4-7-29(32)22-37-34(39)11-6-12-35(40)41/h1-5,7-10,13-20,30,33,36,38H,6,11-12,21-24H2,(H,37,39)(H,40,41). The molecule has 8 heteroatoms. The lowest BCUT2D eigenvalue weighted by molar-refractivity contribution is -0.245. The molecule has 0 aliphatic carbocycles.